The average molecular weight is 480 g/mol. The van der Waals surface area contributed by atoms with Gasteiger partial charge >= 0.3 is 6.09 Å². The van der Waals surface area contributed by atoms with Gasteiger partial charge < -0.3 is 19.1 Å². The average Bonchev–Trinajstić information content (AvgIpc) is 3.74. The van der Waals surface area contributed by atoms with Gasteiger partial charge in [0.1, 0.15) is 23.4 Å². The van der Waals surface area contributed by atoms with E-state index in [9.17, 15) is 4.79 Å². The highest BCUT2D eigenvalue weighted by Crippen LogP contribution is 2.46. The predicted octanol–water partition coefficient (Wildman–Crippen LogP) is 5.54. The fourth-order valence-electron chi connectivity index (χ4n) is 5.04. The molecule has 2 aromatic heterocycles. The van der Waals surface area contributed by atoms with E-state index in [1.54, 1.807) is 6.33 Å². The molecule has 1 aliphatic heterocycles. The zero-order valence-electron chi connectivity index (χ0n) is 19.9. The Bertz CT molecular complexity index is 1270. The maximum atomic E-state index is 12.9. The molecule has 178 valence electrons. The van der Waals surface area contributed by atoms with Crippen molar-refractivity contribution in [2.24, 2.45) is 0 Å². The molecule has 8 heteroatoms. The fraction of sp³-hybridized carbons (Fsp3) is 0.500. The van der Waals surface area contributed by atoms with Crippen LogP contribution in [0.2, 0.25) is 5.02 Å². The Labute approximate surface area is 204 Å². The number of ether oxygens (including phenoxy) is 1. The molecular formula is C26H30ClN5O2. The van der Waals surface area contributed by atoms with Crippen molar-refractivity contribution in [2.45, 2.75) is 70.1 Å². The maximum absolute atomic E-state index is 12.9. The molecule has 1 saturated heterocycles. The maximum Gasteiger partial charge on any atom is 0.410 e. The fourth-order valence-corrected chi connectivity index (χ4v) is 5.23. The van der Waals surface area contributed by atoms with Crippen LogP contribution in [0, 0.1) is 0 Å². The summed E-state index contributed by atoms with van der Waals surface area (Å²) in [6.07, 6.45) is 7.95. The summed E-state index contributed by atoms with van der Waals surface area (Å²) in [4.78, 5) is 26.6. The van der Waals surface area contributed by atoms with Crippen molar-refractivity contribution in [3.05, 3.63) is 47.4 Å². The normalized spacial score (nSPS) is 23.9. The van der Waals surface area contributed by atoms with Gasteiger partial charge in [-0.25, -0.2) is 14.8 Å². The van der Waals surface area contributed by atoms with Crippen molar-refractivity contribution >= 4 is 34.5 Å². The number of halogens is 1. The Morgan fingerprint density at radius 1 is 1.15 bits per heavy atom. The number of hydrogen-bond acceptors (Lipinski definition) is 5. The summed E-state index contributed by atoms with van der Waals surface area (Å²) in [5.41, 5.74) is 2.93. The van der Waals surface area contributed by atoms with Crippen LogP contribution in [0.25, 0.3) is 16.7 Å². The van der Waals surface area contributed by atoms with Crippen molar-refractivity contribution in [3.8, 4) is 5.69 Å². The Morgan fingerprint density at radius 3 is 2.65 bits per heavy atom. The third-order valence-electron chi connectivity index (χ3n) is 7.48. The van der Waals surface area contributed by atoms with E-state index >= 15 is 0 Å². The molecule has 3 aromatic rings. The van der Waals surface area contributed by atoms with Gasteiger partial charge in [0.05, 0.1) is 5.39 Å². The number of hydrogen-bond donors (Lipinski definition) is 0. The number of piperazine rings is 1. The van der Waals surface area contributed by atoms with Crippen molar-refractivity contribution < 1.29 is 9.53 Å². The standard InChI is InChI=1S/C26H30ClN5O2/c1-16-13-31(25(33)34-26(3)9-10-26)17(2)12-30(16)23-22-21(18-7-8-18)14-32(24(22)29-15-28-23)20-6-4-5-19(27)11-20/h4-6,11,14-18H,7-10,12-13H2,1-3H3/t16-,17+/m0/s1. The first-order valence-corrected chi connectivity index (χ1v) is 12.6. The number of benzene rings is 1. The summed E-state index contributed by atoms with van der Waals surface area (Å²) in [6, 6.07) is 8.00. The lowest BCUT2D eigenvalue weighted by molar-refractivity contribution is 0.0421. The Hall–Kier alpha value is -2.80. The number of carbonyl (C=O) groups excluding carboxylic acids is 1. The second-order valence-corrected chi connectivity index (χ2v) is 10.9. The van der Waals surface area contributed by atoms with Gasteiger partial charge in [-0.1, -0.05) is 17.7 Å². The number of rotatable bonds is 4. The Balaban J connectivity index is 1.37. The van der Waals surface area contributed by atoms with Crippen molar-refractivity contribution in [1.82, 2.24) is 19.4 Å². The second-order valence-electron chi connectivity index (χ2n) is 10.4. The number of aromatic nitrogens is 3. The van der Waals surface area contributed by atoms with E-state index in [4.69, 9.17) is 26.3 Å². The lowest BCUT2D eigenvalue weighted by Gasteiger charge is -2.44. The summed E-state index contributed by atoms with van der Waals surface area (Å²) < 4.78 is 7.90. The first-order chi connectivity index (χ1) is 16.3. The monoisotopic (exact) mass is 479 g/mol. The Morgan fingerprint density at radius 2 is 1.94 bits per heavy atom. The van der Waals surface area contributed by atoms with Crippen LogP contribution in [0.4, 0.5) is 10.6 Å². The highest BCUT2D eigenvalue weighted by Gasteiger charge is 2.44. The lowest BCUT2D eigenvalue weighted by Crippen LogP contribution is -2.59. The van der Waals surface area contributed by atoms with E-state index < -0.39 is 0 Å². The summed E-state index contributed by atoms with van der Waals surface area (Å²) in [6.45, 7) is 7.56. The minimum atomic E-state index is -0.265. The van der Waals surface area contributed by atoms with E-state index in [1.165, 1.54) is 18.4 Å². The molecule has 1 amide bonds. The number of carbonyl (C=O) groups is 1. The van der Waals surface area contributed by atoms with Crippen LogP contribution in [-0.2, 0) is 4.74 Å². The van der Waals surface area contributed by atoms with E-state index in [2.05, 4.69) is 35.6 Å². The molecule has 0 unspecified atom stereocenters. The minimum Gasteiger partial charge on any atom is -0.443 e. The van der Waals surface area contributed by atoms with Crippen LogP contribution in [-0.4, -0.2) is 56.3 Å². The highest BCUT2D eigenvalue weighted by atomic mass is 35.5. The van der Waals surface area contributed by atoms with E-state index in [0.717, 1.165) is 35.4 Å². The lowest BCUT2D eigenvalue weighted by atomic mass is 10.1. The van der Waals surface area contributed by atoms with Gasteiger partial charge in [0, 0.05) is 42.1 Å². The van der Waals surface area contributed by atoms with Crippen LogP contribution in [0.15, 0.2) is 36.8 Å². The van der Waals surface area contributed by atoms with Crippen LogP contribution < -0.4 is 4.90 Å². The third-order valence-corrected chi connectivity index (χ3v) is 7.71. The molecule has 3 aliphatic rings. The topological polar surface area (TPSA) is 63.5 Å². The molecule has 7 nitrogen and oxygen atoms in total. The quantitative estimate of drug-likeness (QED) is 0.491. The van der Waals surface area contributed by atoms with Gasteiger partial charge in [0.25, 0.3) is 0 Å². The summed E-state index contributed by atoms with van der Waals surface area (Å²) in [7, 11) is 0. The SMILES string of the molecule is C[C@@H]1CN(c2ncnc3c2c(C2CC2)cn3-c2cccc(Cl)c2)[C@@H](C)CN1C(=O)OC1(C)CC1. The smallest absolute Gasteiger partial charge is 0.410 e. The molecular weight excluding hydrogens is 450 g/mol. The summed E-state index contributed by atoms with van der Waals surface area (Å²) in [5, 5.41) is 1.82. The van der Waals surface area contributed by atoms with E-state index in [-0.39, 0.29) is 23.8 Å². The molecule has 0 N–H and O–H groups in total. The summed E-state index contributed by atoms with van der Waals surface area (Å²) >= 11 is 6.30. The second kappa shape index (κ2) is 7.87. The number of nitrogens with zero attached hydrogens (tertiary/aromatic N) is 5. The molecule has 0 bridgehead atoms. The molecule has 3 heterocycles. The molecule has 2 atom stereocenters. The van der Waals surface area contributed by atoms with Crippen molar-refractivity contribution in [1.29, 1.82) is 0 Å². The number of anilines is 1. The molecule has 1 aromatic carbocycles. The molecule has 2 aliphatic carbocycles. The van der Waals surface area contributed by atoms with Gasteiger partial charge in [-0.3, -0.25) is 0 Å². The Kier molecular flexibility index (Phi) is 5.03. The highest BCUT2D eigenvalue weighted by molar-refractivity contribution is 6.30. The first-order valence-electron chi connectivity index (χ1n) is 12.2. The third kappa shape index (κ3) is 3.80. The van der Waals surface area contributed by atoms with Crippen molar-refractivity contribution in [3.63, 3.8) is 0 Å². The van der Waals surface area contributed by atoms with Gasteiger partial charge in [-0.15, -0.1) is 0 Å². The molecule has 6 rings (SSSR count). The van der Waals surface area contributed by atoms with Gasteiger partial charge in [-0.05, 0) is 76.1 Å². The van der Waals surface area contributed by atoms with Crippen LogP contribution in [0.1, 0.15) is 57.9 Å². The molecule has 34 heavy (non-hydrogen) atoms. The molecule has 3 fully saturated rings. The van der Waals surface area contributed by atoms with Gasteiger partial charge in [0.2, 0.25) is 0 Å². The minimum absolute atomic E-state index is 0.0236. The number of fused-ring (bicyclic) bond motifs is 1. The van der Waals surface area contributed by atoms with Crippen LogP contribution in [0.3, 0.4) is 0 Å². The first kappa shape index (κ1) is 21.7. The number of amides is 1. The molecule has 0 radical (unpaired) electrons. The van der Waals surface area contributed by atoms with Crippen LogP contribution >= 0.6 is 11.6 Å². The zero-order chi connectivity index (χ0) is 23.6. The molecule has 0 spiro atoms. The molecule has 2 saturated carbocycles. The predicted molar refractivity (Wildman–Crippen MR) is 133 cm³/mol. The van der Waals surface area contributed by atoms with Crippen molar-refractivity contribution in [2.75, 3.05) is 18.0 Å². The van der Waals surface area contributed by atoms with E-state index in [1.807, 2.05) is 30.0 Å². The van der Waals surface area contributed by atoms with Gasteiger partial charge in [-0.2, -0.15) is 0 Å². The zero-order valence-corrected chi connectivity index (χ0v) is 20.6. The summed E-state index contributed by atoms with van der Waals surface area (Å²) in [5.74, 6) is 1.49. The van der Waals surface area contributed by atoms with Gasteiger partial charge in [0.15, 0.2) is 0 Å². The van der Waals surface area contributed by atoms with E-state index in [0.29, 0.717) is 24.0 Å². The van der Waals surface area contributed by atoms with Crippen LogP contribution in [0.5, 0.6) is 0 Å². The largest absolute Gasteiger partial charge is 0.443 e.